The van der Waals surface area contributed by atoms with Gasteiger partial charge in [0.05, 0.1) is 6.26 Å². The number of rotatable bonds is 6. The average Bonchev–Trinajstić information content (AvgIpc) is 3.04. The molecular weight excluding hydrogens is 304 g/mol. The number of amides is 1. The number of aromatic nitrogens is 1. The Hall–Kier alpha value is -2.15. The van der Waals surface area contributed by atoms with Gasteiger partial charge in [-0.05, 0) is 39.3 Å². The number of hydrogen-bond acceptors (Lipinski definition) is 5. The van der Waals surface area contributed by atoms with Crippen molar-refractivity contribution in [1.29, 1.82) is 0 Å². The Bertz CT molecular complexity index is 674. The third-order valence-corrected chi connectivity index (χ3v) is 4.14. The van der Waals surface area contributed by atoms with E-state index in [2.05, 4.69) is 10.3 Å². The Balaban J connectivity index is 2.11. The maximum Gasteiger partial charge on any atom is 0.303 e. The number of nitrogens with one attached hydrogen (secondary N) is 1. The van der Waals surface area contributed by atoms with Crippen molar-refractivity contribution in [2.75, 3.05) is 0 Å². The van der Waals surface area contributed by atoms with E-state index in [1.54, 1.807) is 32.2 Å². The topological polar surface area (TPSA) is 92.4 Å². The molecular formula is C15H18N2O4S. The van der Waals surface area contributed by atoms with Crippen LogP contribution < -0.4 is 5.32 Å². The molecule has 6 nitrogen and oxygen atoms in total. The normalized spacial score (nSPS) is 11.4. The SMILES string of the molecule is Cc1sc(-c2ccco2)nc1C(=O)NC(C)(C)CCC(=O)O. The van der Waals surface area contributed by atoms with Crippen molar-refractivity contribution in [2.45, 2.75) is 39.2 Å². The van der Waals surface area contributed by atoms with Crippen LogP contribution in [0, 0.1) is 6.92 Å². The van der Waals surface area contributed by atoms with Crippen molar-refractivity contribution in [2.24, 2.45) is 0 Å². The van der Waals surface area contributed by atoms with Gasteiger partial charge >= 0.3 is 5.97 Å². The summed E-state index contributed by atoms with van der Waals surface area (Å²) in [6.45, 7) is 5.41. The molecule has 22 heavy (non-hydrogen) atoms. The van der Waals surface area contributed by atoms with E-state index in [9.17, 15) is 9.59 Å². The molecule has 0 spiro atoms. The van der Waals surface area contributed by atoms with Crippen LogP contribution in [-0.2, 0) is 4.79 Å². The second-order valence-corrected chi connectivity index (χ2v) is 6.84. The summed E-state index contributed by atoms with van der Waals surface area (Å²) in [5, 5.41) is 12.2. The summed E-state index contributed by atoms with van der Waals surface area (Å²) < 4.78 is 5.28. The molecule has 118 valence electrons. The van der Waals surface area contributed by atoms with E-state index < -0.39 is 11.5 Å². The van der Waals surface area contributed by atoms with Gasteiger partial charge in [-0.15, -0.1) is 11.3 Å². The van der Waals surface area contributed by atoms with Gasteiger partial charge in [-0.2, -0.15) is 0 Å². The number of carbonyl (C=O) groups is 2. The minimum absolute atomic E-state index is 0.000965. The predicted molar refractivity (Wildman–Crippen MR) is 83.0 cm³/mol. The molecule has 1 amide bonds. The maximum absolute atomic E-state index is 12.4. The fraction of sp³-hybridized carbons (Fsp3) is 0.400. The zero-order chi connectivity index (χ0) is 16.3. The molecule has 0 radical (unpaired) electrons. The van der Waals surface area contributed by atoms with Crippen molar-refractivity contribution in [3.05, 3.63) is 29.0 Å². The van der Waals surface area contributed by atoms with E-state index >= 15 is 0 Å². The first-order valence-electron chi connectivity index (χ1n) is 6.84. The molecule has 7 heteroatoms. The van der Waals surface area contributed by atoms with E-state index in [-0.39, 0.29) is 12.3 Å². The van der Waals surface area contributed by atoms with Crippen molar-refractivity contribution in [1.82, 2.24) is 10.3 Å². The summed E-state index contributed by atoms with van der Waals surface area (Å²) in [4.78, 5) is 28.1. The summed E-state index contributed by atoms with van der Waals surface area (Å²) >= 11 is 1.38. The monoisotopic (exact) mass is 322 g/mol. The highest BCUT2D eigenvalue weighted by atomic mass is 32.1. The van der Waals surface area contributed by atoms with E-state index in [4.69, 9.17) is 9.52 Å². The van der Waals surface area contributed by atoms with E-state index in [1.165, 1.54) is 11.3 Å². The van der Waals surface area contributed by atoms with Crippen molar-refractivity contribution in [3.8, 4) is 10.8 Å². The summed E-state index contributed by atoms with van der Waals surface area (Å²) in [5.41, 5.74) is -0.268. The molecule has 2 aromatic heterocycles. The van der Waals surface area contributed by atoms with Crippen molar-refractivity contribution in [3.63, 3.8) is 0 Å². The summed E-state index contributed by atoms with van der Waals surface area (Å²) in [5.74, 6) is -0.563. The smallest absolute Gasteiger partial charge is 0.303 e. The van der Waals surface area contributed by atoms with Crippen LogP contribution in [0.3, 0.4) is 0 Å². The van der Waals surface area contributed by atoms with E-state index in [0.717, 1.165) is 4.88 Å². The lowest BCUT2D eigenvalue weighted by Crippen LogP contribution is -2.44. The van der Waals surface area contributed by atoms with Crippen LogP contribution in [-0.4, -0.2) is 27.5 Å². The molecule has 0 bridgehead atoms. The van der Waals surface area contributed by atoms with Gasteiger partial charge < -0.3 is 14.8 Å². The van der Waals surface area contributed by atoms with Gasteiger partial charge in [0.2, 0.25) is 0 Å². The van der Waals surface area contributed by atoms with Crippen LogP contribution in [0.5, 0.6) is 0 Å². The Morgan fingerprint density at radius 1 is 1.45 bits per heavy atom. The molecule has 0 aliphatic carbocycles. The Morgan fingerprint density at radius 3 is 2.77 bits per heavy atom. The second-order valence-electron chi connectivity index (χ2n) is 5.63. The van der Waals surface area contributed by atoms with Gasteiger partial charge in [0.1, 0.15) is 5.69 Å². The average molecular weight is 322 g/mol. The number of carbonyl (C=O) groups excluding carboxylic acids is 1. The Labute approximate surface area is 132 Å². The lowest BCUT2D eigenvalue weighted by Gasteiger charge is -2.25. The Kier molecular flexibility index (Phi) is 4.65. The largest absolute Gasteiger partial charge is 0.481 e. The first-order chi connectivity index (χ1) is 10.3. The van der Waals surface area contributed by atoms with Gasteiger partial charge in [-0.1, -0.05) is 0 Å². The van der Waals surface area contributed by atoms with Gasteiger partial charge in [-0.25, -0.2) is 4.98 Å². The number of aryl methyl sites for hydroxylation is 1. The van der Waals surface area contributed by atoms with Gasteiger partial charge in [0.15, 0.2) is 10.8 Å². The standard InChI is InChI=1S/C15H18N2O4S/c1-9-12(16-14(22-9)10-5-4-8-21-10)13(20)17-15(2,3)7-6-11(18)19/h4-5,8H,6-7H2,1-3H3,(H,17,20)(H,18,19). The number of furan rings is 1. The molecule has 2 heterocycles. The highest BCUT2D eigenvalue weighted by molar-refractivity contribution is 7.15. The molecule has 2 aromatic rings. The van der Waals surface area contributed by atoms with E-state index in [0.29, 0.717) is 22.9 Å². The third-order valence-electron chi connectivity index (χ3n) is 3.16. The molecule has 0 aromatic carbocycles. The van der Waals surface area contributed by atoms with Gasteiger partial charge in [-0.3, -0.25) is 9.59 Å². The highest BCUT2D eigenvalue weighted by Crippen LogP contribution is 2.28. The van der Waals surface area contributed by atoms with Gasteiger partial charge in [0.25, 0.3) is 5.91 Å². The fourth-order valence-corrected chi connectivity index (χ4v) is 2.84. The lowest BCUT2D eigenvalue weighted by atomic mass is 9.98. The zero-order valence-corrected chi connectivity index (χ0v) is 13.5. The number of carboxylic acid groups (broad SMARTS) is 1. The second kappa shape index (κ2) is 6.31. The molecule has 0 saturated heterocycles. The highest BCUT2D eigenvalue weighted by Gasteiger charge is 2.25. The number of hydrogen-bond donors (Lipinski definition) is 2. The molecule has 2 rings (SSSR count). The third kappa shape index (κ3) is 3.94. The van der Waals surface area contributed by atoms with Crippen LogP contribution in [0.4, 0.5) is 0 Å². The van der Waals surface area contributed by atoms with Crippen molar-refractivity contribution >= 4 is 23.2 Å². The van der Waals surface area contributed by atoms with Crippen LogP contribution in [0.15, 0.2) is 22.8 Å². The summed E-state index contributed by atoms with van der Waals surface area (Å²) in [7, 11) is 0. The number of thiazole rings is 1. The zero-order valence-electron chi connectivity index (χ0n) is 12.7. The summed E-state index contributed by atoms with van der Waals surface area (Å²) in [6.07, 6.45) is 1.91. The Morgan fingerprint density at radius 2 is 2.18 bits per heavy atom. The molecule has 0 atom stereocenters. The quantitative estimate of drug-likeness (QED) is 0.852. The number of aliphatic carboxylic acids is 1. The molecule has 0 fully saturated rings. The van der Waals surface area contributed by atoms with Crippen molar-refractivity contribution < 1.29 is 19.1 Å². The summed E-state index contributed by atoms with van der Waals surface area (Å²) in [6, 6.07) is 3.55. The minimum atomic E-state index is -0.882. The van der Waals surface area contributed by atoms with Gasteiger partial charge in [0, 0.05) is 16.8 Å². The maximum atomic E-state index is 12.4. The number of carboxylic acids is 1. The minimum Gasteiger partial charge on any atom is -0.481 e. The van der Waals surface area contributed by atoms with Crippen LogP contribution in [0.25, 0.3) is 10.8 Å². The number of nitrogens with zero attached hydrogens (tertiary/aromatic N) is 1. The molecule has 0 unspecified atom stereocenters. The molecule has 0 aliphatic heterocycles. The molecule has 2 N–H and O–H groups in total. The van der Waals surface area contributed by atoms with E-state index in [1.807, 2.05) is 6.92 Å². The fourth-order valence-electron chi connectivity index (χ4n) is 1.96. The lowest BCUT2D eigenvalue weighted by molar-refractivity contribution is -0.137. The van der Waals surface area contributed by atoms with Crippen LogP contribution >= 0.6 is 11.3 Å². The van der Waals surface area contributed by atoms with Crippen LogP contribution in [0.2, 0.25) is 0 Å². The first-order valence-corrected chi connectivity index (χ1v) is 7.66. The van der Waals surface area contributed by atoms with Crippen LogP contribution in [0.1, 0.15) is 42.1 Å². The predicted octanol–water partition coefficient (Wildman–Crippen LogP) is 3.08. The molecule has 0 aliphatic rings. The first kappa shape index (κ1) is 16.2. The molecule has 0 saturated carbocycles.